The minimum absolute atomic E-state index is 0.202. The number of alkyl halides is 1. The van der Waals surface area contributed by atoms with Crippen LogP contribution in [-0.2, 0) is 23.9 Å². The Bertz CT molecular complexity index is 857. The molecule has 2 amide bonds. The summed E-state index contributed by atoms with van der Waals surface area (Å²) < 4.78 is 12.0. The van der Waals surface area contributed by atoms with Crippen LogP contribution in [0.4, 0.5) is 0 Å². The lowest BCUT2D eigenvalue weighted by atomic mass is 9.70. The fourth-order valence-corrected chi connectivity index (χ4v) is 6.75. The maximum atomic E-state index is 14.1. The first-order chi connectivity index (χ1) is 16.5. The lowest BCUT2D eigenvalue weighted by Crippen LogP contribution is -2.61. The minimum atomic E-state index is -1.17. The van der Waals surface area contributed by atoms with Crippen LogP contribution in [0.5, 0.6) is 0 Å². The molecule has 196 valence electrons. The van der Waals surface area contributed by atoms with Crippen molar-refractivity contribution in [2.45, 2.75) is 87.5 Å². The summed E-state index contributed by atoms with van der Waals surface area (Å²) in [7, 11) is 0. The van der Waals surface area contributed by atoms with Crippen LogP contribution < -0.4 is 0 Å². The molecule has 2 bridgehead atoms. The van der Waals surface area contributed by atoms with Gasteiger partial charge in [0.1, 0.15) is 11.6 Å². The van der Waals surface area contributed by atoms with Crippen LogP contribution in [0.1, 0.15) is 53.4 Å². The van der Waals surface area contributed by atoms with E-state index < -0.39 is 47.1 Å². The van der Waals surface area contributed by atoms with E-state index >= 15 is 0 Å². The summed E-state index contributed by atoms with van der Waals surface area (Å²) >= 11 is 3.65. The van der Waals surface area contributed by atoms with Crippen molar-refractivity contribution in [3.8, 4) is 0 Å². The fraction of sp³-hybridized carbons (Fsp3) is 0.731. The Kier molecular flexibility index (Phi) is 8.54. The molecule has 0 aliphatic carbocycles. The third-order valence-corrected chi connectivity index (χ3v) is 8.25. The number of esters is 1. The highest BCUT2D eigenvalue weighted by Crippen LogP contribution is 2.60. The van der Waals surface area contributed by atoms with E-state index in [0.29, 0.717) is 19.4 Å². The maximum Gasteiger partial charge on any atom is 0.312 e. The molecule has 3 fully saturated rings. The highest BCUT2D eigenvalue weighted by molar-refractivity contribution is 9.09. The summed E-state index contributed by atoms with van der Waals surface area (Å²) in [4.78, 5) is 44.2. The minimum Gasteiger partial charge on any atom is -0.465 e. The molecular formula is C26H39BrN2O6. The number of carbonyl (C=O) groups is 3. The molecule has 35 heavy (non-hydrogen) atoms. The fourth-order valence-electron chi connectivity index (χ4n) is 5.81. The third kappa shape index (κ3) is 4.83. The Morgan fingerprint density at radius 3 is 2.60 bits per heavy atom. The van der Waals surface area contributed by atoms with Gasteiger partial charge in [-0.05, 0) is 53.4 Å². The molecular weight excluding hydrogens is 516 g/mol. The van der Waals surface area contributed by atoms with Crippen molar-refractivity contribution in [1.82, 2.24) is 9.80 Å². The maximum absolute atomic E-state index is 14.1. The number of likely N-dealkylation sites (tertiary alicyclic amines) is 1. The van der Waals surface area contributed by atoms with E-state index in [1.807, 2.05) is 26.8 Å². The molecule has 3 unspecified atom stereocenters. The van der Waals surface area contributed by atoms with Crippen LogP contribution in [0.2, 0.25) is 0 Å². The van der Waals surface area contributed by atoms with Gasteiger partial charge in [0.2, 0.25) is 11.8 Å². The van der Waals surface area contributed by atoms with Crippen molar-refractivity contribution < 1.29 is 29.0 Å². The zero-order valence-corrected chi connectivity index (χ0v) is 22.8. The van der Waals surface area contributed by atoms with E-state index in [9.17, 15) is 19.5 Å². The number of allylic oxidation sites excluding steroid dienone is 1. The standard InChI is InChI=1S/C26H39BrN2O6/c1-7-9-10-11-13-34-24(33)18-19-22(31)29(16(3)15-30)21(26(19)14-17(27)20(18)35-26)23(32)28(12-8-2)25(4,5)6/h7-8,16-21,30H,1-2,9-15H2,3-6H3/t16-,17?,18+,19+,20+,21?,26?/m1/s1. The number of amides is 2. The van der Waals surface area contributed by atoms with Gasteiger partial charge in [0.05, 0.1) is 37.2 Å². The van der Waals surface area contributed by atoms with E-state index in [1.54, 1.807) is 17.9 Å². The summed E-state index contributed by atoms with van der Waals surface area (Å²) in [5.41, 5.74) is -1.71. The van der Waals surface area contributed by atoms with Crippen LogP contribution >= 0.6 is 15.9 Å². The van der Waals surface area contributed by atoms with Gasteiger partial charge in [0.25, 0.3) is 0 Å². The number of ether oxygens (including phenoxy) is 2. The Labute approximate surface area is 216 Å². The number of aliphatic hydroxyl groups excluding tert-OH is 1. The Balaban J connectivity index is 1.98. The van der Waals surface area contributed by atoms with E-state index in [4.69, 9.17) is 9.47 Å². The van der Waals surface area contributed by atoms with Crippen molar-refractivity contribution in [3.63, 3.8) is 0 Å². The van der Waals surface area contributed by atoms with Gasteiger partial charge in [-0.1, -0.05) is 28.1 Å². The number of fused-ring (bicyclic) bond motifs is 1. The van der Waals surface area contributed by atoms with Gasteiger partial charge in [-0.2, -0.15) is 0 Å². The molecule has 0 aromatic carbocycles. The molecule has 0 aromatic rings. The van der Waals surface area contributed by atoms with Crippen molar-refractivity contribution in [1.29, 1.82) is 0 Å². The number of halogens is 1. The lowest BCUT2D eigenvalue weighted by molar-refractivity contribution is -0.157. The highest BCUT2D eigenvalue weighted by atomic mass is 79.9. The second-order valence-corrected chi connectivity index (χ2v) is 12.0. The molecule has 3 aliphatic rings. The Hall–Kier alpha value is -1.71. The van der Waals surface area contributed by atoms with Crippen molar-refractivity contribution in [2.24, 2.45) is 11.8 Å². The van der Waals surface area contributed by atoms with Crippen LogP contribution in [0.3, 0.4) is 0 Å². The van der Waals surface area contributed by atoms with E-state index in [2.05, 4.69) is 29.1 Å². The first kappa shape index (κ1) is 27.9. The monoisotopic (exact) mass is 554 g/mol. The van der Waals surface area contributed by atoms with Crippen molar-refractivity contribution in [2.75, 3.05) is 19.8 Å². The summed E-state index contributed by atoms with van der Waals surface area (Å²) in [5, 5.41) is 9.98. The van der Waals surface area contributed by atoms with Gasteiger partial charge in [-0.15, -0.1) is 13.2 Å². The largest absolute Gasteiger partial charge is 0.465 e. The topological polar surface area (TPSA) is 96.4 Å². The second-order valence-electron chi connectivity index (χ2n) is 10.8. The number of hydrogen-bond donors (Lipinski definition) is 1. The van der Waals surface area contributed by atoms with Gasteiger partial charge >= 0.3 is 5.97 Å². The van der Waals surface area contributed by atoms with E-state index in [1.165, 1.54) is 4.90 Å². The van der Waals surface area contributed by atoms with Gasteiger partial charge in [-0.25, -0.2) is 0 Å². The lowest BCUT2D eigenvalue weighted by Gasteiger charge is -2.43. The number of nitrogens with zero attached hydrogens (tertiary/aromatic N) is 2. The summed E-state index contributed by atoms with van der Waals surface area (Å²) in [5.74, 6) is -2.73. The Morgan fingerprint density at radius 1 is 1.34 bits per heavy atom. The second kappa shape index (κ2) is 10.7. The zero-order valence-electron chi connectivity index (χ0n) is 21.2. The first-order valence-electron chi connectivity index (χ1n) is 12.4. The molecule has 1 spiro atoms. The van der Waals surface area contributed by atoms with Gasteiger partial charge in [0.15, 0.2) is 0 Å². The van der Waals surface area contributed by atoms with Crippen molar-refractivity contribution >= 4 is 33.7 Å². The molecule has 0 aromatic heterocycles. The normalized spacial score (nSPS) is 32.3. The number of rotatable bonds is 11. The number of unbranched alkanes of at least 4 members (excludes halogenated alkanes) is 2. The zero-order chi connectivity index (χ0) is 26.1. The highest BCUT2D eigenvalue weighted by Gasteiger charge is 2.77. The summed E-state index contributed by atoms with van der Waals surface area (Å²) in [6, 6.07) is -1.58. The quantitative estimate of drug-likeness (QED) is 0.182. The predicted octanol–water partition coefficient (Wildman–Crippen LogP) is 2.83. The average molecular weight is 556 g/mol. The van der Waals surface area contributed by atoms with Gasteiger partial charge < -0.3 is 24.4 Å². The van der Waals surface area contributed by atoms with Crippen molar-refractivity contribution in [3.05, 3.63) is 25.3 Å². The van der Waals surface area contributed by atoms with Gasteiger partial charge in [-0.3, -0.25) is 14.4 Å². The third-order valence-electron chi connectivity index (χ3n) is 7.41. The summed E-state index contributed by atoms with van der Waals surface area (Å²) in [6.07, 6.45) is 5.73. The number of hydrogen-bond acceptors (Lipinski definition) is 6. The van der Waals surface area contributed by atoms with Crippen LogP contribution in [-0.4, -0.2) is 86.6 Å². The SMILES string of the molecule is C=CCCCCOC(=O)[C@H]1[C@H]2C(=O)N([C@H](C)CO)C(C(=O)N(CC=C)C(C)(C)C)C23CC(Br)[C@@H]1O3. The molecule has 0 radical (unpaired) electrons. The van der Waals surface area contributed by atoms with Crippen LogP contribution in [0.25, 0.3) is 0 Å². The van der Waals surface area contributed by atoms with Crippen LogP contribution in [0, 0.1) is 11.8 Å². The molecule has 3 rings (SSSR count). The smallest absolute Gasteiger partial charge is 0.312 e. The van der Waals surface area contributed by atoms with Gasteiger partial charge in [0, 0.05) is 16.9 Å². The predicted molar refractivity (Wildman–Crippen MR) is 136 cm³/mol. The Morgan fingerprint density at radius 2 is 2.03 bits per heavy atom. The van der Waals surface area contributed by atoms with E-state index in [-0.39, 0.29) is 29.9 Å². The molecule has 3 aliphatic heterocycles. The molecule has 8 nitrogen and oxygen atoms in total. The molecule has 1 N–H and O–H groups in total. The molecule has 3 heterocycles. The molecule has 7 atom stereocenters. The first-order valence-corrected chi connectivity index (χ1v) is 13.3. The summed E-state index contributed by atoms with van der Waals surface area (Å²) in [6.45, 7) is 15.2. The molecule has 0 saturated carbocycles. The van der Waals surface area contributed by atoms with Crippen LogP contribution in [0.15, 0.2) is 25.3 Å². The molecule has 3 saturated heterocycles. The van der Waals surface area contributed by atoms with E-state index in [0.717, 1.165) is 12.8 Å². The number of carbonyl (C=O) groups excluding carboxylic acids is 3. The number of aliphatic hydroxyl groups is 1. The average Bonchev–Trinajstić information content (AvgIpc) is 3.38. The molecule has 9 heteroatoms.